The molecule has 1 saturated heterocycles. The number of nitrogens with two attached hydrogens (primary N) is 1. The van der Waals surface area contributed by atoms with E-state index in [2.05, 4.69) is 20.6 Å². The number of hydrogen-bond acceptors (Lipinski definition) is 6. The topological polar surface area (TPSA) is 113 Å². The van der Waals surface area contributed by atoms with Crippen LogP contribution in [0.25, 0.3) is 11.1 Å². The first-order valence-electron chi connectivity index (χ1n) is 14.0. The predicted molar refractivity (Wildman–Crippen MR) is 166 cm³/mol. The maximum absolute atomic E-state index is 14.9. The number of carbonyl (C=O) groups is 2. The van der Waals surface area contributed by atoms with Gasteiger partial charge in [0.2, 0.25) is 5.91 Å². The molecular formula is C33H29ClF2N6O2. The summed E-state index contributed by atoms with van der Waals surface area (Å²) in [6, 6.07) is 15.9. The second-order valence-electron chi connectivity index (χ2n) is 11.0. The van der Waals surface area contributed by atoms with E-state index in [1.807, 2.05) is 13.0 Å². The van der Waals surface area contributed by atoms with Crippen LogP contribution >= 0.6 is 11.6 Å². The number of anilines is 2. The van der Waals surface area contributed by atoms with Crippen molar-refractivity contribution < 1.29 is 18.4 Å². The average molecular weight is 615 g/mol. The first-order chi connectivity index (χ1) is 21.1. The summed E-state index contributed by atoms with van der Waals surface area (Å²) in [6.07, 6.45) is 2.09. The van der Waals surface area contributed by atoms with Gasteiger partial charge in [-0.15, -0.1) is 0 Å². The lowest BCUT2D eigenvalue weighted by atomic mass is 9.90. The zero-order chi connectivity index (χ0) is 31.2. The molecule has 44 heavy (non-hydrogen) atoms. The fraction of sp³-hybridized carbons (Fsp3) is 0.212. The molecule has 0 saturated carbocycles. The minimum Gasteiger partial charge on any atom is -0.358 e. The van der Waals surface area contributed by atoms with Gasteiger partial charge < -0.3 is 21.3 Å². The third-order valence-electron chi connectivity index (χ3n) is 8.18. The normalized spacial score (nSPS) is 17.3. The maximum Gasteiger partial charge on any atom is 0.253 e. The molecule has 2 aliphatic rings. The molecule has 0 bridgehead atoms. The fourth-order valence-corrected chi connectivity index (χ4v) is 6.03. The molecule has 4 N–H and O–H groups in total. The minimum atomic E-state index is -1.10. The van der Waals surface area contributed by atoms with E-state index in [9.17, 15) is 18.4 Å². The molecule has 0 aliphatic carbocycles. The van der Waals surface area contributed by atoms with Crippen LogP contribution in [0.4, 0.5) is 20.3 Å². The molecule has 1 atom stereocenters. The first-order valence-corrected chi connectivity index (χ1v) is 14.4. The maximum atomic E-state index is 14.9. The number of amides is 2. The quantitative estimate of drug-likeness (QED) is 0.280. The Bertz CT molecular complexity index is 1820. The van der Waals surface area contributed by atoms with E-state index in [4.69, 9.17) is 17.3 Å². The summed E-state index contributed by atoms with van der Waals surface area (Å²) < 4.78 is 29.8. The lowest BCUT2D eigenvalue weighted by Crippen LogP contribution is -2.55. The number of fused-ring (bicyclic) bond motifs is 3. The summed E-state index contributed by atoms with van der Waals surface area (Å²) in [4.78, 5) is 36.1. The number of nitrogens with zero attached hydrogens (tertiary/aromatic N) is 3. The molecule has 8 nitrogen and oxygen atoms in total. The van der Waals surface area contributed by atoms with Crippen molar-refractivity contribution in [2.45, 2.75) is 25.4 Å². The van der Waals surface area contributed by atoms with Gasteiger partial charge >= 0.3 is 0 Å². The van der Waals surface area contributed by atoms with Crippen LogP contribution in [0, 0.1) is 18.6 Å². The van der Waals surface area contributed by atoms with Crippen molar-refractivity contribution in [3.63, 3.8) is 0 Å². The molecular weight excluding hydrogens is 586 g/mol. The molecule has 224 valence electrons. The van der Waals surface area contributed by atoms with E-state index in [1.54, 1.807) is 47.5 Å². The van der Waals surface area contributed by atoms with Crippen LogP contribution in [0.5, 0.6) is 0 Å². The molecule has 0 radical (unpaired) electrons. The molecule has 1 fully saturated rings. The van der Waals surface area contributed by atoms with Crippen LogP contribution < -0.4 is 16.4 Å². The minimum absolute atomic E-state index is 0.144. The Morgan fingerprint density at radius 3 is 2.45 bits per heavy atom. The Kier molecular flexibility index (Phi) is 7.65. The highest BCUT2D eigenvalue weighted by molar-refractivity contribution is 6.31. The van der Waals surface area contributed by atoms with Gasteiger partial charge in [0.05, 0.1) is 17.8 Å². The zero-order valence-electron chi connectivity index (χ0n) is 24.0. The molecule has 2 aliphatic heterocycles. The fourth-order valence-electron chi connectivity index (χ4n) is 5.86. The van der Waals surface area contributed by atoms with Crippen LogP contribution in [-0.2, 0) is 11.3 Å². The number of nitrogens with one attached hydrogen (secondary N) is 2. The van der Waals surface area contributed by atoms with E-state index < -0.39 is 17.2 Å². The largest absolute Gasteiger partial charge is 0.358 e. The molecule has 1 aromatic heterocycles. The molecule has 3 heterocycles. The van der Waals surface area contributed by atoms with Gasteiger partial charge in [-0.05, 0) is 78.6 Å². The number of carbonyl (C=O) groups excluding carboxylic acids is 2. The number of benzene rings is 3. The summed E-state index contributed by atoms with van der Waals surface area (Å²) in [5.41, 5.74) is 9.96. The molecule has 3 aromatic carbocycles. The number of aromatic nitrogens is 1. The van der Waals surface area contributed by atoms with Gasteiger partial charge in [0.25, 0.3) is 5.91 Å². The highest BCUT2D eigenvalue weighted by Gasteiger charge is 2.42. The monoisotopic (exact) mass is 614 g/mol. The van der Waals surface area contributed by atoms with Gasteiger partial charge in [0.1, 0.15) is 23.0 Å². The van der Waals surface area contributed by atoms with E-state index in [0.717, 1.165) is 22.3 Å². The van der Waals surface area contributed by atoms with Gasteiger partial charge in [-0.3, -0.25) is 14.6 Å². The number of rotatable bonds is 5. The molecule has 1 unspecified atom stereocenters. The van der Waals surface area contributed by atoms with Crippen molar-refractivity contribution in [3.8, 4) is 11.1 Å². The summed E-state index contributed by atoms with van der Waals surface area (Å²) in [5.74, 6) is -1.34. The summed E-state index contributed by atoms with van der Waals surface area (Å²) in [6.45, 7) is 2.61. The highest BCUT2D eigenvalue weighted by Crippen LogP contribution is 2.39. The van der Waals surface area contributed by atoms with Crippen LogP contribution in [0.3, 0.4) is 0 Å². The van der Waals surface area contributed by atoms with Crippen LogP contribution in [0.1, 0.15) is 39.0 Å². The lowest BCUT2D eigenvalue weighted by Gasteiger charge is -2.22. The van der Waals surface area contributed by atoms with E-state index >= 15 is 0 Å². The number of likely N-dealkylation sites (tertiary alicyclic amines) is 1. The van der Waals surface area contributed by atoms with Gasteiger partial charge in [0.15, 0.2) is 0 Å². The van der Waals surface area contributed by atoms with Gasteiger partial charge in [-0.2, -0.15) is 0 Å². The van der Waals surface area contributed by atoms with Crippen molar-refractivity contribution in [2.24, 2.45) is 10.7 Å². The van der Waals surface area contributed by atoms with Crippen molar-refractivity contribution in [2.75, 3.05) is 25.5 Å². The molecule has 6 rings (SSSR count). The zero-order valence-corrected chi connectivity index (χ0v) is 24.8. The van der Waals surface area contributed by atoms with E-state index in [-0.39, 0.29) is 36.2 Å². The second kappa shape index (κ2) is 11.4. The summed E-state index contributed by atoms with van der Waals surface area (Å²) in [7, 11) is 1.53. The van der Waals surface area contributed by atoms with Crippen molar-refractivity contribution in [1.82, 2.24) is 15.2 Å². The molecule has 0 spiro atoms. The first kappa shape index (κ1) is 29.4. The number of aliphatic imine (C=N–C) groups is 1. The number of hydrogen-bond donors (Lipinski definition) is 3. The summed E-state index contributed by atoms with van der Waals surface area (Å²) >= 11 is 6.36. The third-order valence-corrected chi connectivity index (χ3v) is 8.41. The SMILES string of the molecule is CNC(=O)C1(N)CCN(C(=O)c2ccc(Nc3ncc4c(c3C)-c3ccc(Cl)cc3C(c3c(F)cccc3F)=NC4)cc2)C1. The molecule has 4 aromatic rings. The van der Waals surface area contributed by atoms with Crippen LogP contribution in [0.15, 0.2) is 71.9 Å². The molecule has 2 amide bonds. The van der Waals surface area contributed by atoms with Crippen molar-refractivity contribution in [1.29, 1.82) is 0 Å². The number of likely N-dealkylation sites (N-methyl/N-ethyl adjacent to an activating group) is 1. The Morgan fingerprint density at radius 2 is 1.75 bits per heavy atom. The van der Waals surface area contributed by atoms with Crippen LogP contribution in [0.2, 0.25) is 5.02 Å². The number of pyridine rings is 1. The van der Waals surface area contributed by atoms with E-state index in [0.29, 0.717) is 40.6 Å². The van der Waals surface area contributed by atoms with Gasteiger partial charge in [-0.25, -0.2) is 13.8 Å². The Morgan fingerprint density at radius 1 is 1.02 bits per heavy atom. The number of halogens is 3. The predicted octanol–water partition coefficient (Wildman–Crippen LogP) is 5.37. The van der Waals surface area contributed by atoms with Crippen LogP contribution in [-0.4, -0.2) is 53.1 Å². The smallest absolute Gasteiger partial charge is 0.253 e. The Balaban J connectivity index is 1.29. The van der Waals surface area contributed by atoms with E-state index in [1.165, 1.54) is 25.2 Å². The standard InChI is InChI=1S/C33H29ClF2N6O2/c1-18-27-20(15-39-29(24-14-21(34)8-11-23(24)27)28-25(35)4-3-5-26(28)36)16-40-30(18)41-22-9-6-19(7-10-22)31(43)42-13-12-33(37,17-42)32(44)38-2/h3-11,14,16H,12-13,15,17,37H2,1-2H3,(H,38,44)(H,40,41). The third kappa shape index (κ3) is 5.20. The second-order valence-corrected chi connectivity index (χ2v) is 11.4. The highest BCUT2D eigenvalue weighted by atomic mass is 35.5. The Labute approximate surface area is 258 Å². The molecule has 11 heteroatoms. The summed E-state index contributed by atoms with van der Waals surface area (Å²) in [5, 5.41) is 6.31. The van der Waals surface area contributed by atoms with Crippen molar-refractivity contribution >= 4 is 40.6 Å². The Hall–Kier alpha value is -4.67. The van der Waals surface area contributed by atoms with Gasteiger partial charge in [-0.1, -0.05) is 23.7 Å². The van der Waals surface area contributed by atoms with Gasteiger partial charge in [0, 0.05) is 53.7 Å². The lowest BCUT2D eigenvalue weighted by molar-refractivity contribution is -0.125. The average Bonchev–Trinajstić information content (AvgIpc) is 3.35. The van der Waals surface area contributed by atoms with Crippen molar-refractivity contribution in [3.05, 3.63) is 111 Å².